The fourth-order valence-electron chi connectivity index (χ4n) is 2.82. The summed E-state index contributed by atoms with van der Waals surface area (Å²) in [6, 6.07) is 8.13. The molecule has 0 aliphatic heterocycles. The molecule has 0 bridgehead atoms. The van der Waals surface area contributed by atoms with E-state index in [-0.39, 0.29) is 22.1 Å². The van der Waals surface area contributed by atoms with E-state index in [1.165, 1.54) is 59.1 Å². The highest BCUT2D eigenvalue weighted by Gasteiger charge is 2.09. The first kappa shape index (κ1) is 25.8. The summed E-state index contributed by atoms with van der Waals surface area (Å²) in [5.41, 5.74) is 1.37. The molecule has 0 spiro atoms. The van der Waals surface area contributed by atoms with E-state index < -0.39 is 20.2 Å². The smallest absolute Gasteiger partial charge is 0.211 e. The largest absolute Gasteiger partial charge is 0.744 e. The van der Waals surface area contributed by atoms with E-state index in [0.717, 1.165) is 0 Å². The van der Waals surface area contributed by atoms with Gasteiger partial charge in [0.15, 0.2) is 0 Å². The maximum atomic E-state index is 11.2. The van der Waals surface area contributed by atoms with Gasteiger partial charge in [-0.05, 0) is 36.4 Å². The van der Waals surface area contributed by atoms with Gasteiger partial charge in [-0.1, -0.05) is 22.7 Å². The summed E-state index contributed by atoms with van der Waals surface area (Å²) < 4.78 is 71.9. The molecule has 0 radical (unpaired) electrons. The molecule has 0 amide bonds. The van der Waals surface area contributed by atoms with Crippen LogP contribution >= 0.6 is 22.7 Å². The number of benzene rings is 2. The first-order valence-corrected chi connectivity index (χ1v) is 12.6. The maximum Gasteiger partial charge on any atom is 0.211 e. The van der Waals surface area contributed by atoms with E-state index >= 15 is 0 Å². The molecule has 16 heteroatoms. The summed E-state index contributed by atoms with van der Waals surface area (Å²) in [6.45, 7) is 0. The molecule has 0 saturated heterocycles. The molecule has 2 heterocycles. The molecular formula is C16H20N6O6S4. The Hall–Kier alpha value is -2.44. The zero-order chi connectivity index (χ0) is 21.8. The topological polar surface area (TPSA) is 222 Å². The molecule has 0 fully saturated rings. The van der Waals surface area contributed by atoms with E-state index in [9.17, 15) is 25.9 Å². The lowest BCUT2D eigenvalue weighted by molar-refractivity contribution is 0.461. The molecule has 0 aliphatic rings. The Morgan fingerprint density at radius 1 is 0.719 bits per heavy atom. The minimum absolute atomic E-state index is 0. The first-order chi connectivity index (χ1) is 13.9. The lowest BCUT2D eigenvalue weighted by atomic mass is 10.3. The van der Waals surface area contributed by atoms with Crippen molar-refractivity contribution in [3.63, 3.8) is 0 Å². The van der Waals surface area contributed by atoms with Crippen molar-refractivity contribution in [2.45, 2.75) is 9.79 Å². The average Bonchev–Trinajstić information content (AvgIpc) is 3.15. The van der Waals surface area contributed by atoms with E-state index in [4.69, 9.17) is 0 Å². The number of thiazole rings is 2. The predicted octanol–water partition coefficient (Wildman–Crippen LogP) is 1.77. The third kappa shape index (κ3) is 4.66. The Kier molecular flexibility index (Phi) is 7.13. The van der Waals surface area contributed by atoms with Gasteiger partial charge in [-0.25, -0.2) is 16.8 Å². The number of fused-ring (bicyclic) bond motifs is 2. The minimum Gasteiger partial charge on any atom is -0.744 e. The number of nitrogens with zero attached hydrogens (tertiary/aromatic N) is 4. The normalized spacial score (nSPS) is 13.4. The van der Waals surface area contributed by atoms with Crippen LogP contribution in [0.25, 0.3) is 20.4 Å². The molecule has 2 aromatic carbocycles. The lowest BCUT2D eigenvalue weighted by Crippen LogP contribution is -2.13. The molecule has 2 aromatic heterocycles. The van der Waals surface area contributed by atoms with E-state index in [1.807, 2.05) is 0 Å². The van der Waals surface area contributed by atoms with Gasteiger partial charge in [-0.3, -0.25) is 0 Å². The van der Waals surface area contributed by atoms with Crippen molar-refractivity contribution in [1.29, 1.82) is 0 Å². The van der Waals surface area contributed by atoms with Crippen LogP contribution in [0, 0.1) is 0 Å². The summed E-state index contributed by atoms with van der Waals surface area (Å²) >= 11 is 2.33. The van der Waals surface area contributed by atoms with Crippen LogP contribution in [-0.4, -0.2) is 35.1 Å². The van der Waals surface area contributed by atoms with Gasteiger partial charge in [0.05, 0.1) is 30.2 Å². The number of quaternary nitrogens is 2. The van der Waals surface area contributed by atoms with Crippen molar-refractivity contribution in [1.82, 2.24) is 21.4 Å². The van der Waals surface area contributed by atoms with Crippen LogP contribution in [0.5, 0.6) is 0 Å². The van der Waals surface area contributed by atoms with Gasteiger partial charge in [-0.2, -0.15) is 0 Å². The molecule has 32 heavy (non-hydrogen) atoms. The molecule has 0 atom stereocenters. The Bertz CT molecular complexity index is 1550. The molecule has 4 aromatic rings. The van der Waals surface area contributed by atoms with E-state index in [0.29, 0.717) is 30.0 Å². The highest BCUT2D eigenvalue weighted by Crippen LogP contribution is 2.22. The number of hydrogen-bond donors (Lipinski definition) is 2. The average molecular weight is 521 g/mol. The number of aromatic nitrogens is 2. The van der Waals surface area contributed by atoms with Crippen LogP contribution in [0.3, 0.4) is 0 Å². The molecule has 0 saturated carbocycles. The van der Waals surface area contributed by atoms with Crippen LogP contribution in [0.15, 0.2) is 56.4 Å². The van der Waals surface area contributed by atoms with Gasteiger partial charge in [0.2, 0.25) is 9.60 Å². The lowest BCUT2D eigenvalue weighted by Gasteiger charge is -2.06. The van der Waals surface area contributed by atoms with Crippen LogP contribution < -0.4 is 21.9 Å². The predicted molar refractivity (Wildman–Crippen MR) is 121 cm³/mol. The first-order valence-electron chi connectivity index (χ1n) is 8.14. The fraction of sp³-hybridized carbons (Fsp3) is 0.125. The van der Waals surface area contributed by atoms with Gasteiger partial charge < -0.3 is 30.5 Å². The van der Waals surface area contributed by atoms with Crippen molar-refractivity contribution in [3.8, 4) is 0 Å². The summed E-state index contributed by atoms with van der Waals surface area (Å²) in [6.07, 6.45) is 0. The summed E-state index contributed by atoms with van der Waals surface area (Å²) in [5.74, 6) is 0. The van der Waals surface area contributed by atoms with Gasteiger partial charge >= 0.3 is 0 Å². The van der Waals surface area contributed by atoms with Crippen molar-refractivity contribution in [3.05, 3.63) is 46.0 Å². The van der Waals surface area contributed by atoms with Crippen LogP contribution in [-0.2, 0) is 34.3 Å². The molecule has 174 valence electrons. The van der Waals surface area contributed by atoms with Crippen LogP contribution in [0.1, 0.15) is 0 Å². The SMILES string of the molecule is Cn1c(=NN=c2sc3cc(S(=O)(=O)[O-])ccc3n2C)sc2cc(S(=O)(=O)[O-])ccc21.[NH4+].[NH4+]. The molecule has 0 aliphatic carbocycles. The summed E-state index contributed by atoms with van der Waals surface area (Å²) in [7, 11) is -5.66. The summed E-state index contributed by atoms with van der Waals surface area (Å²) in [5, 5.41) is 8.44. The third-order valence-corrected chi connectivity index (χ3v) is 8.19. The van der Waals surface area contributed by atoms with Crippen molar-refractivity contribution < 1.29 is 25.9 Å². The Balaban J connectivity index is 0.00000181. The zero-order valence-electron chi connectivity index (χ0n) is 17.3. The van der Waals surface area contributed by atoms with Crippen molar-refractivity contribution >= 4 is 63.3 Å². The van der Waals surface area contributed by atoms with Gasteiger partial charge in [0.1, 0.15) is 20.2 Å². The summed E-state index contributed by atoms with van der Waals surface area (Å²) in [4.78, 5) is 0.289. The number of aryl methyl sites for hydroxylation is 2. The van der Waals surface area contributed by atoms with Gasteiger partial charge in [0, 0.05) is 14.1 Å². The maximum absolute atomic E-state index is 11.2. The quantitative estimate of drug-likeness (QED) is 0.302. The standard InChI is InChI=1S/C16H14N4O6S4.2H3N/c1-19-11-5-3-9(29(21,22)23)7-13(11)27-15(19)17-18-16-20(2)12-6-4-10(30(24,25)26)8-14(12)28-16;;/h3-8H,1-2H3,(H,21,22,23)(H,24,25,26);2*1H3. The fourth-order valence-corrected chi connectivity index (χ4v) is 5.98. The van der Waals surface area contributed by atoms with Crippen molar-refractivity contribution in [2.75, 3.05) is 0 Å². The number of hydrogen-bond acceptors (Lipinski definition) is 10. The molecular weight excluding hydrogens is 500 g/mol. The van der Waals surface area contributed by atoms with Crippen molar-refractivity contribution in [2.24, 2.45) is 24.3 Å². The van der Waals surface area contributed by atoms with E-state index in [2.05, 4.69) is 10.2 Å². The zero-order valence-corrected chi connectivity index (χ0v) is 20.6. The van der Waals surface area contributed by atoms with Crippen LogP contribution in [0.2, 0.25) is 0 Å². The molecule has 12 nitrogen and oxygen atoms in total. The Labute approximate surface area is 190 Å². The van der Waals surface area contributed by atoms with Gasteiger partial charge in [0.25, 0.3) is 0 Å². The number of rotatable bonds is 3. The second kappa shape index (κ2) is 8.83. The monoisotopic (exact) mass is 520 g/mol. The molecule has 4 rings (SSSR count). The van der Waals surface area contributed by atoms with Gasteiger partial charge in [-0.15, -0.1) is 10.2 Å². The minimum atomic E-state index is -4.56. The Morgan fingerprint density at radius 2 is 1.06 bits per heavy atom. The highest BCUT2D eigenvalue weighted by atomic mass is 32.2. The second-order valence-corrected chi connectivity index (χ2v) is 11.0. The van der Waals surface area contributed by atoms with E-state index in [1.54, 1.807) is 23.2 Å². The molecule has 0 unspecified atom stereocenters. The molecule has 8 N–H and O–H groups in total. The van der Waals surface area contributed by atoms with Crippen LogP contribution in [0.4, 0.5) is 0 Å². The highest BCUT2D eigenvalue weighted by molar-refractivity contribution is 7.86. The Morgan fingerprint density at radius 3 is 1.38 bits per heavy atom. The second-order valence-electron chi connectivity index (χ2n) is 6.25. The third-order valence-electron chi connectivity index (χ3n) is 4.36.